The predicted molar refractivity (Wildman–Crippen MR) is 185 cm³/mol. The molecule has 1 atom stereocenters. The predicted octanol–water partition coefficient (Wildman–Crippen LogP) is 6.01. The molecule has 5 rings (SSSR count). The maximum Gasteiger partial charge on any atom is 0.161 e. The third-order valence-corrected chi connectivity index (χ3v) is 9.16. The average Bonchev–Trinajstić information content (AvgIpc) is 3.10. The second-order valence-electron chi connectivity index (χ2n) is 12.2. The van der Waals surface area contributed by atoms with Crippen LogP contribution < -0.4 is 4.74 Å². The van der Waals surface area contributed by atoms with Crippen molar-refractivity contribution in [2.75, 3.05) is 7.11 Å². The largest absolute Gasteiger partial charge is 0.507 e. The fourth-order valence-electron chi connectivity index (χ4n) is 6.46. The number of hydrogen-bond acceptors (Lipinski definition) is 9. The number of methoxy groups -OCH3 is 1. The monoisotopic (exact) mass is 666 g/mol. The van der Waals surface area contributed by atoms with E-state index in [-0.39, 0.29) is 72.9 Å². The van der Waals surface area contributed by atoms with E-state index in [0.29, 0.717) is 56.5 Å². The molecule has 0 heterocycles. The summed E-state index contributed by atoms with van der Waals surface area (Å²) in [7, 11) is 1.46. The van der Waals surface area contributed by atoms with Crippen molar-refractivity contribution >= 4 is 0 Å². The molecule has 5 aromatic rings. The van der Waals surface area contributed by atoms with Crippen LogP contribution in [0.5, 0.6) is 34.5 Å². The molecule has 8 N–H and O–H groups in total. The van der Waals surface area contributed by atoms with Crippen LogP contribution in [0.2, 0.25) is 0 Å². The van der Waals surface area contributed by atoms with Crippen LogP contribution in [0.1, 0.15) is 80.5 Å². The molecule has 9 heteroatoms. The van der Waals surface area contributed by atoms with E-state index in [1.54, 1.807) is 66.7 Å². The topological polar surface area (TPSA) is 171 Å². The Morgan fingerprint density at radius 1 is 0.469 bits per heavy atom. The van der Waals surface area contributed by atoms with Crippen molar-refractivity contribution in [2.24, 2.45) is 0 Å². The number of rotatable bonds is 13. The van der Waals surface area contributed by atoms with E-state index in [1.807, 2.05) is 19.1 Å². The number of para-hydroxylation sites is 3. The molecule has 1 unspecified atom stereocenters. The van der Waals surface area contributed by atoms with Crippen LogP contribution >= 0.6 is 0 Å². The highest BCUT2D eigenvalue weighted by atomic mass is 16.5. The Labute approximate surface area is 285 Å². The molecule has 256 valence electrons. The molecule has 0 aliphatic carbocycles. The highest BCUT2D eigenvalue weighted by Crippen LogP contribution is 2.41. The Morgan fingerprint density at radius 3 is 1.24 bits per heavy atom. The lowest BCUT2D eigenvalue weighted by atomic mass is 9.84. The standard InChI is InChI=1S/C40H42O9/c1-3-34(29-16-31(39(47)33(18-29)22-43)14-26-10-6-12-28(21-42)38(26)46)30-17-32(40(48)35(19-30)49-2)15-25-8-4-7-23(36(25)44)13-24-9-5-11-27(20-41)37(24)45/h4-12,16-19,34,41-48H,3,13-15,20-22H2,1-2H3. The molecule has 5 aromatic carbocycles. The summed E-state index contributed by atoms with van der Waals surface area (Å²) in [5.41, 5.74) is 5.90. The molecule has 0 amide bonds. The Bertz CT molecular complexity index is 1950. The summed E-state index contributed by atoms with van der Waals surface area (Å²) in [6, 6.07) is 22.7. The first-order valence-corrected chi connectivity index (χ1v) is 16.1. The summed E-state index contributed by atoms with van der Waals surface area (Å²) in [5.74, 6) is -0.199. The number of ether oxygens (including phenoxy) is 1. The lowest BCUT2D eigenvalue weighted by Crippen LogP contribution is -2.06. The van der Waals surface area contributed by atoms with E-state index in [4.69, 9.17) is 4.74 Å². The molecule has 49 heavy (non-hydrogen) atoms. The van der Waals surface area contributed by atoms with E-state index in [9.17, 15) is 40.9 Å². The van der Waals surface area contributed by atoms with Gasteiger partial charge in [-0.15, -0.1) is 0 Å². The van der Waals surface area contributed by atoms with Crippen molar-refractivity contribution in [3.05, 3.63) is 140 Å². The summed E-state index contributed by atoms with van der Waals surface area (Å²) < 4.78 is 5.58. The molecule has 9 nitrogen and oxygen atoms in total. The number of benzene rings is 5. The van der Waals surface area contributed by atoms with Crippen LogP contribution in [0.4, 0.5) is 0 Å². The van der Waals surface area contributed by atoms with E-state index in [0.717, 1.165) is 11.1 Å². The minimum atomic E-state index is -0.409. The minimum absolute atomic E-state index is 0.0206. The molecule has 0 aliphatic heterocycles. The van der Waals surface area contributed by atoms with Gasteiger partial charge in [-0.1, -0.05) is 73.7 Å². The number of phenolic OH excluding ortho intramolecular Hbond substituents is 2. The normalized spacial score (nSPS) is 11.9. The highest BCUT2D eigenvalue weighted by molar-refractivity contribution is 5.56. The van der Waals surface area contributed by atoms with Gasteiger partial charge >= 0.3 is 0 Å². The van der Waals surface area contributed by atoms with Gasteiger partial charge in [0.1, 0.15) is 23.0 Å². The molecular formula is C40H42O9. The Kier molecular flexibility index (Phi) is 11.0. The summed E-state index contributed by atoms with van der Waals surface area (Å²) in [5, 5.41) is 84.1. The fraction of sp³-hybridized carbons (Fsp3) is 0.250. The van der Waals surface area contributed by atoms with Crippen molar-refractivity contribution in [1.82, 2.24) is 0 Å². The van der Waals surface area contributed by atoms with Gasteiger partial charge in [0.05, 0.1) is 26.9 Å². The minimum Gasteiger partial charge on any atom is -0.507 e. The lowest BCUT2D eigenvalue weighted by molar-refractivity contribution is 0.274. The maximum absolute atomic E-state index is 11.3. The van der Waals surface area contributed by atoms with E-state index < -0.39 is 6.61 Å². The third-order valence-electron chi connectivity index (χ3n) is 9.16. The number of aliphatic hydroxyl groups is 3. The van der Waals surface area contributed by atoms with Crippen LogP contribution in [-0.2, 0) is 39.1 Å². The molecule has 0 saturated heterocycles. The van der Waals surface area contributed by atoms with Crippen LogP contribution in [0.15, 0.2) is 78.9 Å². The van der Waals surface area contributed by atoms with Crippen LogP contribution in [0.25, 0.3) is 0 Å². The third kappa shape index (κ3) is 7.29. The molecular weight excluding hydrogens is 624 g/mol. The van der Waals surface area contributed by atoms with Gasteiger partial charge < -0.3 is 45.6 Å². The zero-order chi connectivity index (χ0) is 35.2. The Balaban J connectivity index is 1.52. The fourth-order valence-corrected chi connectivity index (χ4v) is 6.46. The van der Waals surface area contributed by atoms with Crippen molar-refractivity contribution in [1.29, 1.82) is 0 Å². The second kappa shape index (κ2) is 15.3. The van der Waals surface area contributed by atoms with Crippen molar-refractivity contribution in [2.45, 2.75) is 58.3 Å². The number of aliphatic hydroxyl groups excluding tert-OH is 3. The molecule has 0 spiro atoms. The zero-order valence-corrected chi connectivity index (χ0v) is 27.5. The molecule has 0 radical (unpaired) electrons. The van der Waals surface area contributed by atoms with Gasteiger partial charge in [-0.3, -0.25) is 0 Å². The van der Waals surface area contributed by atoms with Gasteiger partial charge in [-0.2, -0.15) is 0 Å². The van der Waals surface area contributed by atoms with E-state index in [1.165, 1.54) is 7.11 Å². The van der Waals surface area contributed by atoms with Gasteiger partial charge in [0.2, 0.25) is 0 Å². The van der Waals surface area contributed by atoms with Crippen molar-refractivity contribution in [3.63, 3.8) is 0 Å². The number of hydrogen-bond donors (Lipinski definition) is 8. The quantitative estimate of drug-likeness (QED) is 0.0749. The van der Waals surface area contributed by atoms with Crippen LogP contribution in [-0.4, -0.2) is 48.0 Å². The highest BCUT2D eigenvalue weighted by Gasteiger charge is 2.22. The lowest BCUT2D eigenvalue weighted by Gasteiger charge is -2.22. The molecule has 0 bridgehead atoms. The first-order valence-electron chi connectivity index (χ1n) is 16.1. The van der Waals surface area contributed by atoms with Crippen molar-refractivity contribution in [3.8, 4) is 34.5 Å². The van der Waals surface area contributed by atoms with Crippen molar-refractivity contribution < 1.29 is 45.6 Å². The SMILES string of the molecule is CCC(c1cc(CO)c(O)c(Cc2cccc(CO)c2O)c1)c1cc(Cc2cccc(Cc3cccc(CO)c3O)c2O)c(O)c(OC)c1. The molecule has 0 fully saturated rings. The first kappa shape index (κ1) is 35.1. The van der Waals surface area contributed by atoms with E-state index in [2.05, 4.69) is 0 Å². The Hall–Kier alpha value is -5.22. The van der Waals surface area contributed by atoms with E-state index >= 15 is 0 Å². The molecule has 0 saturated carbocycles. The second-order valence-corrected chi connectivity index (χ2v) is 12.2. The van der Waals surface area contributed by atoms with Crippen LogP contribution in [0, 0.1) is 0 Å². The molecule has 0 aromatic heterocycles. The van der Waals surface area contributed by atoms with Gasteiger partial charge in [0.25, 0.3) is 0 Å². The van der Waals surface area contributed by atoms with Gasteiger partial charge in [0, 0.05) is 47.4 Å². The smallest absolute Gasteiger partial charge is 0.161 e. The maximum atomic E-state index is 11.3. The Morgan fingerprint density at radius 2 is 0.816 bits per heavy atom. The zero-order valence-electron chi connectivity index (χ0n) is 27.5. The van der Waals surface area contributed by atoms with Gasteiger partial charge in [-0.05, 0) is 57.5 Å². The summed E-state index contributed by atoms with van der Waals surface area (Å²) in [6.45, 7) is 0.951. The number of aromatic hydroxyl groups is 5. The van der Waals surface area contributed by atoms with Gasteiger partial charge in [-0.25, -0.2) is 0 Å². The summed E-state index contributed by atoms with van der Waals surface area (Å²) in [6.07, 6.45) is 1.17. The summed E-state index contributed by atoms with van der Waals surface area (Å²) in [4.78, 5) is 0. The number of phenols is 5. The first-order chi connectivity index (χ1) is 23.6. The average molecular weight is 667 g/mol. The van der Waals surface area contributed by atoms with Crippen LogP contribution in [0.3, 0.4) is 0 Å². The van der Waals surface area contributed by atoms with Gasteiger partial charge in [0.15, 0.2) is 11.5 Å². The summed E-state index contributed by atoms with van der Waals surface area (Å²) >= 11 is 0. The molecule has 0 aliphatic rings.